The lowest BCUT2D eigenvalue weighted by molar-refractivity contribution is 0.0699. The van der Waals surface area contributed by atoms with Gasteiger partial charge in [-0.2, -0.15) is 0 Å². The Morgan fingerprint density at radius 2 is 2.04 bits per heavy atom. The quantitative estimate of drug-likeness (QED) is 0.718. The van der Waals surface area contributed by atoms with Gasteiger partial charge >= 0.3 is 0 Å². The number of rotatable bonds is 2. The van der Waals surface area contributed by atoms with Crippen molar-refractivity contribution in [2.75, 3.05) is 13.1 Å². The van der Waals surface area contributed by atoms with Crippen LogP contribution in [0.25, 0.3) is 5.78 Å². The average molecular weight is 308 g/mol. The van der Waals surface area contributed by atoms with E-state index in [1.807, 2.05) is 21.6 Å². The van der Waals surface area contributed by atoms with E-state index in [1.165, 1.54) is 6.20 Å². The van der Waals surface area contributed by atoms with Gasteiger partial charge in [0.15, 0.2) is 0 Å². The van der Waals surface area contributed by atoms with Gasteiger partial charge in [0.2, 0.25) is 5.78 Å². The number of nitrogens with zero attached hydrogens (tertiary/aromatic N) is 6. The van der Waals surface area contributed by atoms with E-state index in [2.05, 4.69) is 19.9 Å². The molecule has 7 heteroatoms. The zero-order valence-electron chi connectivity index (χ0n) is 12.5. The molecule has 0 radical (unpaired) electrons. The van der Waals surface area contributed by atoms with Crippen molar-refractivity contribution < 1.29 is 4.79 Å². The smallest absolute Gasteiger partial charge is 0.274 e. The Labute approximate surface area is 133 Å². The van der Waals surface area contributed by atoms with Crippen LogP contribution in [-0.4, -0.2) is 48.2 Å². The maximum absolute atomic E-state index is 12.6. The van der Waals surface area contributed by atoms with Gasteiger partial charge in [-0.25, -0.2) is 15.0 Å². The Bertz CT molecular complexity index is 831. The number of carbonyl (C=O) groups excluding carboxylic acids is 1. The number of hydrogen-bond donors (Lipinski definition) is 0. The van der Waals surface area contributed by atoms with Crippen molar-refractivity contribution in [2.45, 2.75) is 18.8 Å². The Morgan fingerprint density at radius 3 is 2.91 bits per heavy atom. The number of hydrogen-bond acceptors (Lipinski definition) is 5. The molecular formula is C16H16N6O. The molecule has 0 aliphatic carbocycles. The molecule has 1 saturated heterocycles. The minimum absolute atomic E-state index is 0.0567. The molecule has 1 unspecified atom stereocenters. The van der Waals surface area contributed by atoms with E-state index in [-0.39, 0.29) is 11.8 Å². The van der Waals surface area contributed by atoms with Crippen molar-refractivity contribution in [1.82, 2.24) is 29.2 Å². The van der Waals surface area contributed by atoms with Crippen molar-refractivity contribution in [3.05, 3.63) is 54.6 Å². The molecule has 1 amide bonds. The second-order valence-corrected chi connectivity index (χ2v) is 5.65. The molecule has 0 aromatic carbocycles. The molecule has 0 saturated carbocycles. The first-order chi connectivity index (χ1) is 11.3. The zero-order chi connectivity index (χ0) is 15.6. The molecule has 23 heavy (non-hydrogen) atoms. The van der Waals surface area contributed by atoms with Gasteiger partial charge in [0, 0.05) is 55.7 Å². The predicted octanol–water partition coefficient (Wildman–Crippen LogP) is 1.54. The molecule has 0 N–H and O–H groups in total. The van der Waals surface area contributed by atoms with Crippen LogP contribution in [-0.2, 0) is 0 Å². The summed E-state index contributed by atoms with van der Waals surface area (Å²) in [5.74, 6) is 0.905. The van der Waals surface area contributed by atoms with Crippen molar-refractivity contribution in [1.29, 1.82) is 0 Å². The summed E-state index contributed by atoms with van der Waals surface area (Å²) in [5.41, 5.74) is 1.54. The molecule has 3 aromatic heterocycles. The molecule has 4 rings (SSSR count). The van der Waals surface area contributed by atoms with Crippen molar-refractivity contribution >= 4 is 11.7 Å². The first-order valence-corrected chi connectivity index (χ1v) is 7.66. The van der Waals surface area contributed by atoms with E-state index in [0.29, 0.717) is 18.0 Å². The van der Waals surface area contributed by atoms with Crippen LogP contribution in [0.3, 0.4) is 0 Å². The summed E-state index contributed by atoms with van der Waals surface area (Å²) < 4.78 is 2.00. The van der Waals surface area contributed by atoms with Crippen LogP contribution in [0.1, 0.15) is 34.9 Å². The average Bonchev–Trinajstić information content (AvgIpc) is 3.10. The van der Waals surface area contributed by atoms with E-state index in [9.17, 15) is 4.79 Å². The minimum Gasteiger partial charge on any atom is -0.337 e. The maximum atomic E-state index is 12.6. The second kappa shape index (κ2) is 5.75. The van der Waals surface area contributed by atoms with Gasteiger partial charge in [-0.15, -0.1) is 0 Å². The topological polar surface area (TPSA) is 76.3 Å². The number of fused-ring (bicyclic) bond motifs is 1. The lowest BCUT2D eigenvalue weighted by Gasteiger charge is -2.32. The van der Waals surface area contributed by atoms with Gasteiger partial charge < -0.3 is 4.90 Å². The lowest BCUT2D eigenvalue weighted by atomic mass is 9.94. The molecule has 116 valence electrons. The molecule has 1 atom stereocenters. The number of aromatic nitrogens is 5. The highest BCUT2D eigenvalue weighted by molar-refractivity contribution is 5.92. The fourth-order valence-corrected chi connectivity index (χ4v) is 3.16. The standard InChI is InChI=1S/C16H16N6O/c23-15(13-10-17-5-6-18-13)21-8-1-2-12(11-21)14-3-4-19-16-20-7-9-22(14)16/h3-7,9-10,12H,1-2,8,11H2. The van der Waals surface area contributed by atoms with Gasteiger partial charge in [-0.1, -0.05) is 0 Å². The van der Waals surface area contributed by atoms with Gasteiger partial charge in [-0.05, 0) is 18.9 Å². The summed E-state index contributed by atoms with van der Waals surface area (Å²) in [5, 5.41) is 0. The highest BCUT2D eigenvalue weighted by Crippen LogP contribution is 2.27. The Hall–Kier alpha value is -2.83. The first kappa shape index (κ1) is 13.8. The van der Waals surface area contributed by atoms with Gasteiger partial charge in [0.1, 0.15) is 5.69 Å². The molecule has 1 fully saturated rings. The summed E-state index contributed by atoms with van der Waals surface area (Å²) in [7, 11) is 0. The third-order valence-corrected chi connectivity index (χ3v) is 4.24. The van der Waals surface area contributed by atoms with E-state index in [1.54, 1.807) is 24.8 Å². The highest BCUT2D eigenvalue weighted by Gasteiger charge is 2.27. The fraction of sp³-hybridized carbons (Fsp3) is 0.312. The van der Waals surface area contributed by atoms with Crippen molar-refractivity contribution in [3.8, 4) is 0 Å². The van der Waals surface area contributed by atoms with E-state index >= 15 is 0 Å². The molecule has 1 aliphatic heterocycles. The Morgan fingerprint density at radius 1 is 1.13 bits per heavy atom. The number of piperidine rings is 1. The molecule has 0 spiro atoms. The fourth-order valence-electron chi connectivity index (χ4n) is 3.16. The monoisotopic (exact) mass is 308 g/mol. The Kier molecular flexibility index (Phi) is 3.45. The maximum Gasteiger partial charge on any atom is 0.274 e. The second-order valence-electron chi connectivity index (χ2n) is 5.65. The normalized spacial score (nSPS) is 18.3. The first-order valence-electron chi connectivity index (χ1n) is 7.66. The van der Waals surface area contributed by atoms with Crippen LogP contribution >= 0.6 is 0 Å². The summed E-state index contributed by atoms with van der Waals surface area (Å²) >= 11 is 0. The number of carbonyl (C=O) groups is 1. The number of imidazole rings is 1. The van der Waals surface area contributed by atoms with Crippen molar-refractivity contribution in [2.24, 2.45) is 0 Å². The van der Waals surface area contributed by atoms with Crippen LogP contribution in [0.5, 0.6) is 0 Å². The van der Waals surface area contributed by atoms with Gasteiger partial charge in [0.25, 0.3) is 5.91 Å². The van der Waals surface area contributed by atoms with Crippen LogP contribution in [0.4, 0.5) is 0 Å². The molecule has 7 nitrogen and oxygen atoms in total. The largest absolute Gasteiger partial charge is 0.337 e. The van der Waals surface area contributed by atoms with Gasteiger partial charge in [-0.3, -0.25) is 14.2 Å². The highest BCUT2D eigenvalue weighted by atomic mass is 16.2. The lowest BCUT2D eigenvalue weighted by Crippen LogP contribution is -2.39. The van der Waals surface area contributed by atoms with Crippen LogP contribution < -0.4 is 0 Å². The molecule has 3 aromatic rings. The number of amides is 1. The predicted molar refractivity (Wildman–Crippen MR) is 82.9 cm³/mol. The third kappa shape index (κ3) is 2.54. The third-order valence-electron chi connectivity index (χ3n) is 4.24. The SMILES string of the molecule is O=C(c1cnccn1)N1CCCC(c2ccnc3nccn23)C1. The summed E-state index contributed by atoms with van der Waals surface area (Å²) in [6.45, 7) is 1.43. The van der Waals surface area contributed by atoms with E-state index in [4.69, 9.17) is 0 Å². The van der Waals surface area contributed by atoms with Crippen LogP contribution in [0.15, 0.2) is 43.2 Å². The molecule has 4 heterocycles. The number of likely N-dealkylation sites (tertiary alicyclic amines) is 1. The Balaban J connectivity index is 1.60. The summed E-state index contributed by atoms with van der Waals surface area (Å²) in [4.78, 5) is 31.0. The minimum atomic E-state index is -0.0567. The zero-order valence-corrected chi connectivity index (χ0v) is 12.5. The molecule has 0 bridgehead atoms. The van der Waals surface area contributed by atoms with Crippen LogP contribution in [0, 0.1) is 0 Å². The van der Waals surface area contributed by atoms with E-state index in [0.717, 1.165) is 25.1 Å². The van der Waals surface area contributed by atoms with Gasteiger partial charge in [0.05, 0.1) is 6.20 Å². The molecule has 1 aliphatic rings. The summed E-state index contributed by atoms with van der Waals surface area (Å²) in [6.07, 6.45) is 12.1. The van der Waals surface area contributed by atoms with Crippen molar-refractivity contribution in [3.63, 3.8) is 0 Å². The van der Waals surface area contributed by atoms with E-state index < -0.39 is 0 Å². The molecular weight excluding hydrogens is 292 g/mol. The summed E-state index contributed by atoms with van der Waals surface area (Å²) in [6, 6.07) is 2.01. The van der Waals surface area contributed by atoms with Crippen LogP contribution in [0.2, 0.25) is 0 Å².